The van der Waals surface area contributed by atoms with Gasteiger partial charge < -0.3 is 4.90 Å². The van der Waals surface area contributed by atoms with Crippen LogP contribution in [0.1, 0.15) is 30.0 Å². The summed E-state index contributed by atoms with van der Waals surface area (Å²) in [6, 6.07) is 12.9. The number of hydrogen-bond donors (Lipinski definition) is 1. The predicted molar refractivity (Wildman–Crippen MR) is 103 cm³/mol. The summed E-state index contributed by atoms with van der Waals surface area (Å²) in [6.45, 7) is 7.39. The highest BCUT2D eigenvalue weighted by molar-refractivity contribution is 7.92. The number of hydrogen-bond acceptors (Lipinski definition) is 3. The van der Waals surface area contributed by atoms with Gasteiger partial charge in [-0.3, -0.25) is 4.72 Å². The highest BCUT2D eigenvalue weighted by Gasteiger charge is 2.17. The summed E-state index contributed by atoms with van der Waals surface area (Å²) in [6.07, 6.45) is 3.16. The van der Waals surface area contributed by atoms with Crippen molar-refractivity contribution in [2.45, 2.75) is 38.0 Å². The number of anilines is 1. The molecule has 1 aliphatic heterocycles. The molecule has 0 saturated heterocycles. The van der Waals surface area contributed by atoms with Crippen LogP contribution in [0.3, 0.4) is 0 Å². The highest BCUT2D eigenvalue weighted by atomic mass is 32.2. The normalized spacial score (nSPS) is 15.4. The van der Waals surface area contributed by atoms with Gasteiger partial charge in [0.05, 0.1) is 4.90 Å². The van der Waals surface area contributed by atoms with Crippen LogP contribution in [0, 0.1) is 6.92 Å². The maximum Gasteiger partial charge on any atom is 0.261 e. The molecular weight excluding hydrogens is 332 g/mol. The first-order valence-corrected chi connectivity index (χ1v) is 10.4. The molecule has 3 rings (SSSR count). The minimum Gasteiger partial charge on any atom is -0.303 e. The zero-order chi connectivity index (χ0) is 17.9. The van der Waals surface area contributed by atoms with E-state index in [-0.39, 0.29) is 0 Å². The number of sulfonamides is 1. The lowest BCUT2D eigenvalue weighted by molar-refractivity contribution is 0.288. The lowest BCUT2D eigenvalue weighted by Crippen LogP contribution is -2.27. The second kappa shape index (κ2) is 7.58. The van der Waals surface area contributed by atoms with Crippen molar-refractivity contribution in [3.8, 4) is 0 Å². The average Bonchev–Trinajstić information content (AvgIpc) is 2.78. The molecule has 0 spiro atoms. The molecule has 0 saturated carbocycles. The Kier molecular flexibility index (Phi) is 5.45. The molecule has 1 aliphatic rings. The summed E-state index contributed by atoms with van der Waals surface area (Å²) in [4.78, 5) is 2.78. The molecule has 2 aromatic carbocycles. The Morgan fingerprint density at radius 1 is 1.00 bits per heavy atom. The van der Waals surface area contributed by atoms with E-state index in [0.29, 0.717) is 10.6 Å². The van der Waals surface area contributed by atoms with Gasteiger partial charge >= 0.3 is 0 Å². The van der Waals surface area contributed by atoms with Crippen LogP contribution in [0.4, 0.5) is 5.69 Å². The molecule has 134 valence electrons. The second-order valence-corrected chi connectivity index (χ2v) is 8.43. The van der Waals surface area contributed by atoms with Crippen LogP contribution >= 0.6 is 0 Å². The largest absolute Gasteiger partial charge is 0.303 e. The van der Waals surface area contributed by atoms with E-state index in [1.54, 1.807) is 12.1 Å². The van der Waals surface area contributed by atoms with Crippen LogP contribution in [0.15, 0.2) is 47.4 Å². The van der Waals surface area contributed by atoms with E-state index in [0.717, 1.165) is 44.5 Å². The molecule has 2 aromatic rings. The van der Waals surface area contributed by atoms with E-state index in [1.807, 2.05) is 31.2 Å². The molecule has 0 atom stereocenters. The van der Waals surface area contributed by atoms with E-state index >= 15 is 0 Å². The van der Waals surface area contributed by atoms with Crippen LogP contribution in [0.2, 0.25) is 0 Å². The van der Waals surface area contributed by atoms with Crippen molar-refractivity contribution in [3.05, 3.63) is 59.2 Å². The molecule has 25 heavy (non-hydrogen) atoms. The van der Waals surface area contributed by atoms with Gasteiger partial charge in [-0.05, 0) is 68.1 Å². The third kappa shape index (κ3) is 4.41. The second-order valence-electron chi connectivity index (χ2n) is 6.74. The fourth-order valence-electron chi connectivity index (χ4n) is 3.31. The van der Waals surface area contributed by atoms with Gasteiger partial charge in [0.2, 0.25) is 0 Å². The summed E-state index contributed by atoms with van der Waals surface area (Å²) in [5.74, 6) is 0. The third-order valence-electron chi connectivity index (χ3n) is 4.72. The first kappa shape index (κ1) is 18.0. The van der Waals surface area contributed by atoms with Gasteiger partial charge in [-0.25, -0.2) is 8.42 Å². The monoisotopic (exact) mass is 358 g/mol. The molecule has 0 aromatic heterocycles. The minimum atomic E-state index is -3.55. The standard InChI is InChI=1S/C20H26N2O2S/c1-3-12-22-13-10-17-6-7-19(15-18(17)11-14-22)21-25(23,24)20-8-4-16(2)5-9-20/h4-9,15,21H,3,10-14H2,1-2H3. The van der Waals surface area contributed by atoms with Crippen molar-refractivity contribution in [3.63, 3.8) is 0 Å². The van der Waals surface area contributed by atoms with Crippen LogP contribution in [-0.2, 0) is 22.9 Å². The van der Waals surface area contributed by atoms with Crippen molar-refractivity contribution in [1.29, 1.82) is 0 Å². The maximum atomic E-state index is 12.6. The molecule has 4 nitrogen and oxygen atoms in total. The molecule has 0 bridgehead atoms. The van der Waals surface area contributed by atoms with Crippen molar-refractivity contribution in [2.75, 3.05) is 24.4 Å². The van der Waals surface area contributed by atoms with Gasteiger partial charge in [0.25, 0.3) is 10.0 Å². The number of benzene rings is 2. The minimum absolute atomic E-state index is 0.294. The van der Waals surface area contributed by atoms with E-state index in [4.69, 9.17) is 0 Å². The number of nitrogens with one attached hydrogen (secondary N) is 1. The molecule has 5 heteroatoms. The summed E-state index contributed by atoms with van der Waals surface area (Å²) >= 11 is 0. The van der Waals surface area contributed by atoms with Gasteiger partial charge in [0.15, 0.2) is 0 Å². The van der Waals surface area contributed by atoms with E-state index < -0.39 is 10.0 Å². The smallest absolute Gasteiger partial charge is 0.261 e. The molecule has 0 amide bonds. The average molecular weight is 359 g/mol. The number of rotatable bonds is 5. The fourth-order valence-corrected chi connectivity index (χ4v) is 4.36. The Hall–Kier alpha value is -1.85. The van der Waals surface area contributed by atoms with E-state index in [1.165, 1.54) is 11.1 Å². The van der Waals surface area contributed by atoms with Crippen LogP contribution in [-0.4, -0.2) is 33.0 Å². The first-order valence-electron chi connectivity index (χ1n) is 8.91. The number of aryl methyl sites for hydroxylation is 1. The van der Waals surface area contributed by atoms with Gasteiger partial charge in [0.1, 0.15) is 0 Å². The Bertz CT molecular complexity index is 829. The quantitative estimate of drug-likeness (QED) is 0.888. The van der Waals surface area contributed by atoms with Gasteiger partial charge in [-0.2, -0.15) is 0 Å². The SMILES string of the molecule is CCCN1CCc2ccc(NS(=O)(=O)c3ccc(C)cc3)cc2CC1. The van der Waals surface area contributed by atoms with Crippen LogP contribution in [0.25, 0.3) is 0 Å². The lowest BCUT2D eigenvalue weighted by atomic mass is 10.0. The Morgan fingerprint density at radius 3 is 2.36 bits per heavy atom. The molecule has 1 heterocycles. The van der Waals surface area contributed by atoms with Crippen molar-refractivity contribution < 1.29 is 8.42 Å². The number of fused-ring (bicyclic) bond motifs is 1. The van der Waals surface area contributed by atoms with Crippen molar-refractivity contribution >= 4 is 15.7 Å². The van der Waals surface area contributed by atoms with Crippen molar-refractivity contribution in [2.24, 2.45) is 0 Å². The first-order chi connectivity index (χ1) is 12.0. The number of nitrogens with zero attached hydrogens (tertiary/aromatic N) is 1. The topological polar surface area (TPSA) is 49.4 Å². The van der Waals surface area contributed by atoms with E-state index in [9.17, 15) is 8.42 Å². The molecular formula is C20H26N2O2S. The maximum absolute atomic E-state index is 12.6. The summed E-state index contributed by atoms with van der Waals surface area (Å²) < 4.78 is 27.9. The Balaban J connectivity index is 1.78. The van der Waals surface area contributed by atoms with Gasteiger partial charge in [0, 0.05) is 18.8 Å². The molecule has 1 N–H and O–H groups in total. The van der Waals surface area contributed by atoms with Gasteiger partial charge in [-0.15, -0.1) is 0 Å². The van der Waals surface area contributed by atoms with Gasteiger partial charge in [-0.1, -0.05) is 30.7 Å². The van der Waals surface area contributed by atoms with Crippen LogP contribution in [0.5, 0.6) is 0 Å². The third-order valence-corrected chi connectivity index (χ3v) is 6.12. The summed E-state index contributed by atoms with van der Waals surface area (Å²) in [5, 5.41) is 0. The van der Waals surface area contributed by atoms with Crippen molar-refractivity contribution in [1.82, 2.24) is 4.90 Å². The Morgan fingerprint density at radius 2 is 1.68 bits per heavy atom. The molecule has 0 fully saturated rings. The molecule has 0 aliphatic carbocycles. The highest BCUT2D eigenvalue weighted by Crippen LogP contribution is 2.23. The zero-order valence-corrected chi connectivity index (χ0v) is 15.8. The summed E-state index contributed by atoms with van der Waals surface area (Å²) in [5.41, 5.74) is 4.27. The zero-order valence-electron chi connectivity index (χ0n) is 15.0. The summed E-state index contributed by atoms with van der Waals surface area (Å²) in [7, 11) is -3.55. The lowest BCUT2D eigenvalue weighted by Gasteiger charge is -2.18. The molecule has 0 unspecified atom stereocenters. The van der Waals surface area contributed by atoms with E-state index in [2.05, 4.69) is 22.6 Å². The predicted octanol–water partition coefficient (Wildman–Crippen LogP) is 3.61. The molecule has 0 radical (unpaired) electrons. The Labute approximate surface area is 150 Å². The fraction of sp³-hybridized carbons (Fsp3) is 0.400. The van der Waals surface area contributed by atoms with Crippen LogP contribution < -0.4 is 4.72 Å².